The van der Waals surface area contributed by atoms with E-state index in [4.69, 9.17) is 23.1 Å². The first-order chi connectivity index (χ1) is 7.56. The van der Waals surface area contributed by atoms with Crippen LogP contribution in [0.5, 0.6) is 5.75 Å². The Kier molecular flexibility index (Phi) is 4.18. The average molecular weight is 240 g/mol. The number of aliphatic carboxylic acids is 1. The third-order valence-electron chi connectivity index (χ3n) is 1.96. The Balaban J connectivity index is 2.97. The molecule has 0 aliphatic rings. The Morgan fingerprint density at radius 3 is 2.81 bits per heavy atom. The van der Waals surface area contributed by atoms with Crippen molar-refractivity contribution < 1.29 is 15.0 Å². The maximum Gasteiger partial charge on any atom is 0.325 e. The number of phenolic OH excluding ortho intramolecular Hbond substituents is 1. The first-order valence-corrected chi connectivity index (χ1v) is 4.82. The molecule has 16 heavy (non-hydrogen) atoms. The predicted molar refractivity (Wildman–Crippen MR) is 60.3 cm³/mol. The second-order valence-corrected chi connectivity index (χ2v) is 3.47. The van der Waals surface area contributed by atoms with Crippen molar-refractivity contribution in [1.82, 2.24) is 5.32 Å². The number of carboxylic acid groups (broad SMARTS) is 1. The Bertz CT molecular complexity index is 439. The monoisotopic (exact) mass is 239 g/mol. The van der Waals surface area contributed by atoms with Crippen LogP contribution in [0.1, 0.15) is 11.6 Å². The number of nitrogens with one attached hydrogen (secondary N) is 1. The van der Waals surface area contributed by atoms with E-state index in [0.717, 1.165) is 0 Å². The molecule has 0 aliphatic heterocycles. The lowest BCUT2D eigenvalue weighted by molar-refractivity contribution is -0.139. The van der Waals surface area contributed by atoms with Gasteiger partial charge in [-0.1, -0.05) is 23.6 Å². The van der Waals surface area contributed by atoms with Gasteiger partial charge in [0.2, 0.25) is 0 Å². The van der Waals surface area contributed by atoms with Crippen molar-refractivity contribution in [3.63, 3.8) is 0 Å². The normalized spacial score (nSPS) is 11.8. The van der Waals surface area contributed by atoms with E-state index in [1.165, 1.54) is 18.2 Å². The molecule has 1 atom stereocenters. The third-order valence-corrected chi connectivity index (χ3v) is 2.26. The van der Waals surface area contributed by atoms with Gasteiger partial charge in [-0.05, 0) is 17.7 Å². The molecular formula is C11H10ClNO3. The lowest BCUT2D eigenvalue weighted by Gasteiger charge is -2.13. The zero-order valence-corrected chi connectivity index (χ0v) is 9.03. The van der Waals surface area contributed by atoms with E-state index >= 15 is 0 Å². The molecule has 3 N–H and O–H groups in total. The number of aromatic hydroxyl groups is 1. The van der Waals surface area contributed by atoms with E-state index in [1.54, 1.807) is 0 Å². The fourth-order valence-electron chi connectivity index (χ4n) is 1.21. The van der Waals surface area contributed by atoms with Gasteiger partial charge in [0.1, 0.15) is 11.8 Å². The van der Waals surface area contributed by atoms with Crippen molar-refractivity contribution in [2.75, 3.05) is 6.54 Å². The van der Waals surface area contributed by atoms with Gasteiger partial charge in [-0.2, -0.15) is 0 Å². The summed E-state index contributed by atoms with van der Waals surface area (Å²) < 4.78 is 0. The molecule has 0 saturated carbocycles. The van der Waals surface area contributed by atoms with Crippen LogP contribution in [0.15, 0.2) is 18.2 Å². The number of benzene rings is 1. The molecule has 0 amide bonds. The molecule has 0 spiro atoms. The van der Waals surface area contributed by atoms with E-state index in [2.05, 4.69) is 11.2 Å². The van der Waals surface area contributed by atoms with Gasteiger partial charge >= 0.3 is 5.97 Å². The molecule has 0 aromatic heterocycles. The van der Waals surface area contributed by atoms with E-state index in [9.17, 15) is 9.90 Å². The van der Waals surface area contributed by atoms with Crippen LogP contribution in [0.3, 0.4) is 0 Å². The zero-order chi connectivity index (χ0) is 12.1. The summed E-state index contributed by atoms with van der Waals surface area (Å²) in [5.41, 5.74) is 0.436. The van der Waals surface area contributed by atoms with Crippen LogP contribution in [0.2, 0.25) is 5.02 Å². The van der Waals surface area contributed by atoms with Crippen LogP contribution in [-0.4, -0.2) is 22.7 Å². The summed E-state index contributed by atoms with van der Waals surface area (Å²) in [4.78, 5) is 11.0. The van der Waals surface area contributed by atoms with Crippen molar-refractivity contribution >= 4 is 17.6 Å². The first-order valence-electron chi connectivity index (χ1n) is 4.44. The number of hydrogen-bond acceptors (Lipinski definition) is 3. The number of carbonyl (C=O) groups is 1. The smallest absolute Gasteiger partial charge is 0.325 e. The average Bonchev–Trinajstić information content (AvgIpc) is 2.23. The van der Waals surface area contributed by atoms with Crippen LogP contribution in [0, 0.1) is 12.3 Å². The summed E-state index contributed by atoms with van der Waals surface area (Å²) in [6, 6.07) is 3.27. The van der Waals surface area contributed by atoms with Gasteiger partial charge < -0.3 is 10.2 Å². The highest BCUT2D eigenvalue weighted by atomic mass is 35.5. The highest BCUT2D eigenvalue weighted by Crippen LogP contribution is 2.26. The van der Waals surface area contributed by atoms with Gasteiger partial charge in [-0.25, -0.2) is 0 Å². The second-order valence-electron chi connectivity index (χ2n) is 3.07. The highest BCUT2D eigenvalue weighted by Gasteiger charge is 2.19. The molecule has 4 nitrogen and oxygen atoms in total. The minimum absolute atomic E-state index is 0.0912. The summed E-state index contributed by atoms with van der Waals surface area (Å²) in [5, 5.41) is 20.9. The summed E-state index contributed by atoms with van der Waals surface area (Å²) in [7, 11) is 0. The van der Waals surface area contributed by atoms with Crippen LogP contribution < -0.4 is 5.32 Å². The summed E-state index contributed by atoms with van der Waals surface area (Å²) in [5.74, 6) is 1.14. The molecule has 1 unspecified atom stereocenters. The molecule has 0 bridgehead atoms. The van der Waals surface area contributed by atoms with Gasteiger partial charge in [-0.3, -0.25) is 10.1 Å². The minimum Gasteiger partial charge on any atom is -0.506 e. The Morgan fingerprint density at radius 1 is 1.62 bits per heavy atom. The molecular weight excluding hydrogens is 230 g/mol. The topological polar surface area (TPSA) is 69.6 Å². The second kappa shape index (κ2) is 5.40. The summed E-state index contributed by atoms with van der Waals surface area (Å²) in [6.45, 7) is 0.134. The maximum atomic E-state index is 11.0. The molecule has 5 heteroatoms. The first kappa shape index (κ1) is 12.4. The Morgan fingerprint density at radius 2 is 2.31 bits per heavy atom. The molecule has 0 radical (unpaired) electrons. The van der Waals surface area contributed by atoms with E-state index in [0.29, 0.717) is 5.56 Å². The van der Waals surface area contributed by atoms with Crippen molar-refractivity contribution in [1.29, 1.82) is 0 Å². The molecule has 1 rings (SSSR count). The van der Waals surface area contributed by atoms with Crippen LogP contribution >= 0.6 is 11.6 Å². The number of carboxylic acids is 1. The Labute approximate surface area is 97.9 Å². The number of rotatable bonds is 4. The number of phenols is 1. The van der Waals surface area contributed by atoms with E-state index in [-0.39, 0.29) is 17.3 Å². The van der Waals surface area contributed by atoms with Gasteiger partial charge in [0.05, 0.1) is 11.6 Å². The van der Waals surface area contributed by atoms with Gasteiger partial charge in [-0.15, -0.1) is 6.42 Å². The summed E-state index contributed by atoms with van der Waals surface area (Å²) in [6.07, 6.45) is 5.04. The van der Waals surface area contributed by atoms with Crippen molar-refractivity contribution in [2.45, 2.75) is 6.04 Å². The molecule has 0 fully saturated rings. The standard InChI is InChI=1S/C11H10ClNO3/c1-2-5-13-10(11(15)16)7-3-4-9(14)8(12)6-7/h1,3-4,6,10,13-14H,5H2,(H,15,16). The van der Waals surface area contributed by atoms with Crippen LogP contribution in [0.25, 0.3) is 0 Å². The maximum absolute atomic E-state index is 11.0. The minimum atomic E-state index is -1.06. The fourth-order valence-corrected chi connectivity index (χ4v) is 1.40. The molecule has 0 saturated heterocycles. The number of terminal acetylenes is 1. The molecule has 1 aromatic rings. The van der Waals surface area contributed by atoms with Crippen molar-refractivity contribution in [3.05, 3.63) is 28.8 Å². The van der Waals surface area contributed by atoms with Crippen molar-refractivity contribution in [3.8, 4) is 18.1 Å². The SMILES string of the molecule is C#CCNC(C(=O)O)c1ccc(O)c(Cl)c1. The third kappa shape index (κ3) is 2.89. The molecule has 84 valence electrons. The molecule has 0 aliphatic carbocycles. The Hall–Kier alpha value is -1.70. The largest absolute Gasteiger partial charge is 0.506 e. The number of halogens is 1. The lowest BCUT2D eigenvalue weighted by atomic mass is 10.1. The van der Waals surface area contributed by atoms with Gasteiger partial charge in [0.15, 0.2) is 0 Å². The van der Waals surface area contributed by atoms with Crippen LogP contribution in [0.4, 0.5) is 0 Å². The van der Waals surface area contributed by atoms with Crippen LogP contribution in [-0.2, 0) is 4.79 Å². The van der Waals surface area contributed by atoms with Gasteiger partial charge in [0.25, 0.3) is 0 Å². The summed E-state index contributed by atoms with van der Waals surface area (Å²) >= 11 is 5.69. The zero-order valence-electron chi connectivity index (χ0n) is 8.27. The van der Waals surface area contributed by atoms with E-state index in [1.807, 2.05) is 0 Å². The van der Waals surface area contributed by atoms with Gasteiger partial charge in [0, 0.05) is 0 Å². The number of hydrogen-bond donors (Lipinski definition) is 3. The lowest BCUT2D eigenvalue weighted by Crippen LogP contribution is -2.28. The molecule has 0 heterocycles. The molecule has 1 aromatic carbocycles. The fraction of sp³-hybridized carbons (Fsp3) is 0.182. The predicted octanol–water partition coefficient (Wildman–Crippen LogP) is 1.39. The highest BCUT2D eigenvalue weighted by molar-refractivity contribution is 6.32. The quantitative estimate of drug-likeness (QED) is 0.695. The van der Waals surface area contributed by atoms with E-state index < -0.39 is 12.0 Å². The van der Waals surface area contributed by atoms with Crippen molar-refractivity contribution in [2.24, 2.45) is 0 Å².